The molecule has 2 aromatic rings. The Labute approximate surface area is 172 Å². The van der Waals surface area contributed by atoms with Crippen LogP contribution in [0.1, 0.15) is 44.6 Å². The number of pyridine rings is 1. The summed E-state index contributed by atoms with van der Waals surface area (Å²) >= 11 is 6.03. The topological polar surface area (TPSA) is 94.3 Å². The van der Waals surface area contributed by atoms with Gasteiger partial charge < -0.3 is 9.47 Å². The summed E-state index contributed by atoms with van der Waals surface area (Å²) in [5.41, 5.74) is -0.290. The Morgan fingerprint density at radius 1 is 1.07 bits per heavy atom. The molecule has 0 N–H and O–H groups in total. The van der Waals surface area contributed by atoms with Gasteiger partial charge in [-0.3, -0.25) is 23.7 Å². The van der Waals surface area contributed by atoms with E-state index in [0.29, 0.717) is 67.8 Å². The molecule has 0 spiro atoms. The van der Waals surface area contributed by atoms with Gasteiger partial charge in [-0.15, -0.1) is 0 Å². The summed E-state index contributed by atoms with van der Waals surface area (Å²) in [5, 5.41) is 0.393. The molecule has 3 heterocycles. The van der Waals surface area contributed by atoms with Crippen LogP contribution in [0, 0.1) is 5.92 Å². The third-order valence-electron chi connectivity index (χ3n) is 6.14. The van der Waals surface area contributed by atoms with Crippen LogP contribution in [0.15, 0.2) is 21.9 Å². The van der Waals surface area contributed by atoms with Gasteiger partial charge in [-0.25, -0.2) is 4.98 Å². The number of piperidine rings is 1. The second-order valence-electron chi connectivity index (χ2n) is 7.91. The van der Waals surface area contributed by atoms with Gasteiger partial charge in [0.1, 0.15) is 5.78 Å². The van der Waals surface area contributed by atoms with Crippen molar-refractivity contribution in [2.75, 3.05) is 13.1 Å². The molecule has 0 aromatic carbocycles. The van der Waals surface area contributed by atoms with Crippen molar-refractivity contribution in [3.8, 4) is 0 Å². The van der Waals surface area contributed by atoms with Crippen molar-refractivity contribution in [2.24, 2.45) is 13.0 Å². The average Bonchev–Trinajstić information content (AvgIpc) is 2.73. The molecule has 4 rings (SSSR count). The summed E-state index contributed by atoms with van der Waals surface area (Å²) < 4.78 is 2.74. The van der Waals surface area contributed by atoms with E-state index in [0.717, 1.165) is 0 Å². The first kappa shape index (κ1) is 19.8. The van der Waals surface area contributed by atoms with Gasteiger partial charge in [-0.2, -0.15) is 0 Å². The zero-order valence-electron chi connectivity index (χ0n) is 16.3. The Bertz CT molecular complexity index is 1090. The molecular formula is C20H23ClN4O4. The van der Waals surface area contributed by atoms with Gasteiger partial charge in [0.15, 0.2) is 5.65 Å². The van der Waals surface area contributed by atoms with E-state index in [9.17, 15) is 19.2 Å². The highest BCUT2D eigenvalue weighted by Crippen LogP contribution is 2.28. The number of nitrogens with zero attached hydrogens (tertiary/aromatic N) is 4. The number of carbonyl (C=O) groups is 2. The Balaban J connectivity index is 1.57. The van der Waals surface area contributed by atoms with Crippen LogP contribution in [-0.4, -0.2) is 43.8 Å². The van der Waals surface area contributed by atoms with Gasteiger partial charge in [0, 0.05) is 51.1 Å². The Morgan fingerprint density at radius 2 is 1.72 bits per heavy atom. The van der Waals surface area contributed by atoms with Crippen LogP contribution in [0.2, 0.25) is 5.02 Å². The summed E-state index contributed by atoms with van der Waals surface area (Å²) in [6.07, 6.45) is 4.83. The molecule has 29 heavy (non-hydrogen) atoms. The molecule has 9 heteroatoms. The van der Waals surface area contributed by atoms with Crippen LogP contribution in [0.4, 0.5) is 0 Å². The highest BCUT2D eigenvalue weighted by Gasteiger charge is 2.32. The molecule has 0 radical (unpaired) electrons. The molecule has 1 aliphatic heterocycles. The van der Waals surface area contributed by atoms with Crippen molar-refractivity contribution >= 4 is 34.5 Å². The van der Waals surface area contributed by atoms with Gasteiger partial charge in [0.25, 0.3) is 0 Å². The molecule has 1 saturated heterocycles. The predicted octanol–water partition coefficient (Wildman–Crippen LogP) is 1.67. The van der Waals surface area contributed by atoms with E-state index in [1.54, 1.807) is 6.07 Å². The quantitative estimate of drug-likeness (QED) is 0.691. The van der Waals surface area contributed by atoms with Crippen LogP contribution in [0.25, 0.3) is 11.2 Å². The number of hydrogen-bond acceptors (Lipinski definition) is 5. The minimum atomic E-state index is -0.619. The van der Waals surface area contributed by atoms with Crippen molar-refractivity contribution in [2.45, 2.75) is 44.6 Å². The van der Waals surface area contributed by atoms with Gasteiger partial charge in [0.2, 0.25) is 5.91 Å². The molecule has 2 aliphatic rings. The maximum Gasteiger partial charge on any atom is 0.318 e. The summed E-state index contributed by atoms with van der Waals surface area (Å²) in [5.74, 6) is 0.250. The number of aromatic nitrogens is 3. The number of likely N-dealkylation sites (tertiary alicyclic amines) is 1. The summed E-state index contributed by atoms with van der Waals surface area (Å²) in [7, 11) is 1.53. The van der Waals surface area contributed by atoms with Gasteiger partial charge in [-0.05, 0) is 31.7 Å². The lowest BCUT2D eigenvalue weighted by Crippen LogP contribution is -2.47. The second kappa shape index (κ2) is 7.74. The van der Waals surface area contributed by atoms with Gasteiger partial charge >= 0.3 is 11.1 Å². The maximum atomic E-state index is 12.8. The fourth-order valence-electron chi connectivity index (χ4n) is 4.43. The number of halogens is 1. The van der Waals surface area contributed by atoms with E-state index in [1.807, 2.05) is 4.90 Å². The van der Waals surface area contributed by atoms with Gasteiger partial charge in [-0.1, -0.05) is 11.6 Å². The van der Waals surface area contributed by atoms with Crippen molar-refractivity contribution in [3.05, 3.63) is 38.0 Å². The van der Waals surface area contributed by atoms with Gasteiger partial charge in [0.05, 0.1) is 10.5 Å². The van der Waals surface area contributed by atoms with E-state index >= 15 is 0 Å². The number of aryl methyl sites for hydroxylation is 1. The van der Waals surface area contributed by atoms with E-state index in [-0.39, 0.29) is 23.7 Å². The zero-order valence-corrected chi connectivity index (χ0v) is 17.0. The Kier molecular flexibility index (Phi) is 5.29. The fourth-order valence-corrected chi connectivity index (χ4v) is 4.59. The molecule has 2 aromatic heterocycles. The fraction of sp³-hybridized carbons (Fsp3) is 0.550. The second-order valence-corrected chi connectivity index (χ2v) is 8.34. The van der Waals surface area contributed by atoms with E-state index < -0.39 is 11.1 Å². The van der Waals surface area contributed by atoms with Crippen LogP contribution in [-0.2, 0) is 16.6 Å². The zero-order chi connectivity index (χ0) is 20.7. The minimum absolute atomic E-state index is 0.0827. The third-order valence-corrected chi connectivity index (χ3v) is 6.35. The average molecular weight is 419 g/mol. The highest BCUT2D eigenvalue weighted by molar-refractivity contribution is 6.31. The van der Waals surface area contributed by atoms with E-state index in [1.165, 1.54) is 22.4 Å². The minimum Gasteiger partial charge on any atom is -0.342 e. The molecule has 0 bridgehead atoms. The SMILES string of the molecule is Cn1c(=O)c(=O)n(C2CCN(C(=O)C3CCC(=O)CC3)CC2)c2ncc(Cl)cc21. The van der Waals surface area contributed by atoms with Crippen LogP contribution >= 0.6 is 11.6 Å². The number of amides is 1. The molecular weight excluding hydrogens is 396 g/mol. The maximum absolute atomic E-state index is 12.8. The lowest BCUT2D eigenvalue weighted by molar-refractivity contribution is -0.138. The smallest absolute Gasteiger partial charge is 0.318 e. The molecule has 8 nitrogen and oxygen atoms in total. The van der Waals surface area contributed by atoms with Crippen molar-refractivity contribution in [3.63, 3.8) is 0 Å². The molecule has 1 saturated carbocycles. The normalized spacial score (nSPS) is 19.1. The van der Waals surface area contributed by atoms with Crippen LogP contribution in [0.3, 0.4) is 0 Å². The van der Waals surface area contributed by atoms with E-state index in [2.05, 4.69) is 4.98 Å². The lowest BCUT2D eigenvalue weighted by atomic mass is 9.87. The number of Topliss-reactive ketones (excluding diaryl/α,β-unsaturated/α-hetero) is 1. The van der Waals surface area contributed by atoms with Crippen molar-refractivity contribution in [1.29, 1.82) is 0 Å². The predicted molar refractivity (Wildman–Crippen MR) is 108 cm³/mol. The summed E-state index contributed by atoms with van der Waals surface area (Å²) in [6.45, 7) is 1.04. The van der Waals surface area contributed by atoms with Crippen molar-refractivity contribution in [1.82, 2.24) is 19.0 Å². The molecule has 0 unspecified atom stereocenters. The molecule has 154 valence electrons. The number of hydrogen-bond donors (Lipinski definition) is 0. The summed E-state index contributed by atoms with van der Waals surface area (Å²) in [6, 6.07) is 1.43. The first-order valence-corrected chi connectivity index (χ1v) is 10.3. The van der Waals surface area contributed by atoms with Crippen LogP contribution < -0.4 is 11.1 Å². The monoisotopic (exact) mass is 418 g/mol. The summed E-state index contributed by atoms with van der Waals surface area (Å²) in [4.78, 5) is 55.5. The van der Waals surface area contributed by atoms with Crippen molar-refractivity contribution < 1.29 is 9.59 Å². The number of carbonyl (C=O) groups excluding carboxylic acids is 2. The third kappa shape index (κ3) is 3.61. The largest absolute Gasteiger partial charge is 0.342 e. The molecule has 1 aliphatic carbocycles. The number of ketones is 1. The Hall–Kier alpha value is -2.48. The molecule has 2 fully saturated rings. The Morgan fingerprint density at radius 3 is 2.38 bits per heavy atom. The highest BCUT2D eigenvalue weighted by atomic mass is 35.5. The first-order chi connectivity index (χ1) is 13.9. The number of rotatable bonds is 2. The van der Waals surface area contributed by atoms with Crippen LogP contribution in [0.5, 0.6) is 0 Å². The van der Waals surface area contributed by atoms with E-state index in [4.69, 9.17) is 11.6 Å². The first-order valence-electron chi connectivity index (χ1n) is 9.94. The number of fused-ring (bicyclic) bond motifs is 1. The standard InChI is InChI=1S/C20H23ClN4O4/c1-23-16-10-13(21)11-22-17(16)25(20(29)19(23)28)14-6-8-24(9-7-14)18(27)12-2-4-15(26)5-3-12/h10-12,14H,2-9H2,1H3. The molecule has 1 amide bonds. The molecule has 0 atom stereocenters. The lowest BCUT2D eigenvalue weighted by Gasteiger charge is -2.35.